The minimum absolute atomic E-state index is 0.0194. The fourth-order valence-corrected chi connectivity index (χ4v) is 3.38. The Morgan fingerprint density at radius 1 is 1.14 bits per heavy atom. The molecule has 2 rings (SSSR count). The van der Waals surface area contributed by atoms with Crippen molar-refractivity contribution in [3.05, 3.63) is 41.0 Å². The monoisotopic (exact) mass is 410 g/mol. The number of aromatic nitrogens is 2. The molecular formula is C16H18N4O7S. The van der Waals surface area contributed by atoms with Gasteiger partial charge in [0.2, 0.25) is 27.7 Å². The van der Waals surface area contributed by atoms with Crippen LogP contribution in [0.5, 0.6) is 11.8 Å². The number of hydrogen-bond donors (Lipinski definition) is 3. The third-order valence-corrected chi connectivity index (χ3v) is 4.78. The summed E-state index contributed by atoms with van der Waals surface area (Å²) in [7, 11) is -1.42. The highest BCUT2D eigenvalue weighted by atomic mass is 32.2. The van der Waals surface area contributed by atoms with Gasteiger partial charge in [0.05, 0.1) is 31.6 Å². The molecule has 0 aliphatic heterocycles. The van der Waals surface area contributed by atoms with Crippen LogP contribution in [0.25, 0.3) is 0 Å². The van der Waals surface area contributed by atoms with Crippen molar-refractivity contribution in [2.45, 2.75) is 12.7 Å². The van der Waals surface area contributed by atoms with Crippen LogP contribution < -0.4 is 19.5 Å². The fraction of sp³-hybridized carbons (Fsp3) is 0.250. The number of nitrogens with zero attached hydrogens (tertiary/aromatic N) is 2. The summed E-state index contributed by atoms with van der Waals surface area (Å²) in [6, 6.07) is 4.54. The average Bonchev–Trinajstić information content (AvgIpc) is 2.61. The van der Waals surface area contributed by atoms with Crippen molar-refractivity contribution in [1.29, 1.82) is 0 Å². The van der Waals surface area contributed by atoms with E-state index in [9.17, 15) is 18.0 Å². The van der Waals surface area contributed by atoms with E-state index in [1.165, 1.54) is 45.4 Å². The average molecular weight is 410 g/mol. The molecular weight excluding hydrogens is 392 g/mol. The Kier molecular flexibility index (Phi) is 6.36. The SMILES string of the molecule is COc1cc(OC)nc(NC(=O)NS(=O)(=O)Cc2cccc(C(=O)O)c2C)n1. The predicted octanol–water partition coefficient (Wildman–Crippen LogP) is 1.15. The van der Waals surface area contributed by atoms with Gasteiger partial charge in [-0.25, -0.2) is 22.7 Å². The largest absolute Gasteiger partial charge is 0.481 e. The molecule has 0 aliphatic rings. The molecule has 0 unspecified atom stereocenters. The van der Waals surface area contributed by atoms with Crippen LogP contribution >= 0.6 is 0 Å². The number of carboxylic acids is 1. The first-order valence-electron chi connectivity index (χ1n) is 7.75. The third kappa shape index (κ3) is 5.30. The molecule has 2 aromatic rings. The summed E-state index contributed by atoms with van der Waals surface area (Å²) < 4.78 is 36.2. The van der Waals surface area contributed by atoms with Gasteiger partial charge >= 0.3 is 12.0 Å². The van der Waals surface area contributed by atoms with Crippen molar-refractivity contribution in [1.82, 2.24) is 14.7 Å². The molecule has 2 amide bonds. The molecule has 28 heavy (non-hydrogen) atoms. The first kappa shape index (κ1) is 20.9. The van der Waals surface area contributed by atoms with Crippen molar-refractivity contribution in [3.8, 4) is 11.8 Å². The van der Waals surface area contributed by atoms with Crippen LogP contribution in [0.3, 0.4) is 0 Å². The zero-order valence-electron chi connectivity index (χ0n) is 15.2. The summed E-state index contributed by atoms with van der Waals surface area (Å²) in [5.74, 6) is -1.79. The number of hydrogen-bond acceptors (Lipinski definition) is 8. The van der Waals surface area contributed by atoms with Crippen LogP contribution in [0, 0.1) is 6.92 Å². The number of methoxy groups -OCH3 is 2. The molecule has 1 aromatic heterocycles. The molecule has 0 bridgehead atoms. The summed E-state index contributed by atoms with van der Waals surface area (Å²) in [6.45, 7) is 1.49. The normalized spacial score (nSPS) is 10.8. The van der Waals surface area contributed by atoms with Crippen LogP contribution in [0.2, 0.25) is 0 Å². The zero-order valence-corrected chi connectivity index (χ0v) is 16.0. The van der Waals surface area contributed by atoms with Crippen molar-refractivity contribution < 1.29 is 32.6 Å². The summed E-state index contributed by atoms with van der Waals surface area (Å²) in [6.07, 6.45) is 0. The second-order valence-corrected chi connectivity index (χ2v) is 7.21. The van der Waals surface area contributed by atoms with E-state index in [2.05, 4.69) is 15.3 Å². The second kappa shape index (κ2) is 8.52. The van der Waals surface area contributed by atoms with Crippen LogP contribution in [-0.4, -0.2) is 49.7 Å². The lowest BCUT2D eigenvalue weighted by Crippen LogP contribution is -2.35. The molecule has 150 valence electrons. The van der Waals surface area contributed by atoms with E-state index in [0.717, 1.165) is 0 Å². The molecule has 0 radical (unpaired) electrons. The number of amides is 2. The van der Waals surface area contributed by atoms with Crippen LogP contribution in [0.15, 0.2) is 24.3 Å². The lowest BCUT2D eigenvalue weighted by atomic mass is 10.0. The van der Waals surface area contributed by atoms with E-state index >= 15 is 0 Å². The van der Waals surface area contributed by atoms with Gasteiger partial charge in [0.1, 0.15) is 0 Å². The third-order valence-electron chi connectivity index (χ3n) is 3.59. The van der Waals surface area contributed by atoms with Gasteiger partial charge in [-0.1, -0.05) is 12.1 Å². The van der Waals surface area contributed by atoms with Crippen LogP contribution in [0.1, 0.15) is 21.5 Å². The molecule has 0 saturated carbocycles. The van der Waals surface area contributed by atoms with Gasteiger partial charge in [-0.15, -0.1) is 0 Å². The predicted molar refractivity (Wildman–Crippen MR) is 98.1 cm³/mol. The number of carboxylic acid groups (broad SMARTS) is 1. The molecule has 3 N–H and O–H groups in total. The number of rotatable bonds is 7. The van der Waals surface area contributed by atoms with Gasteiger partial charge in [-0.2, -0.15) is 9.97 Å². The maximum atomic E-state index is 12.3. The number of aromatic carboxylic acids is 1. The first-order chi connectivity index (χ1) is 13.1. The Balaban J connectivity index is 2.13. The van der Waals surface area contributed by atoms with Gasteiger partial charge in [-0.05, 0) is 24.1 Å². The number of sulfonamides is 1. The number of carbonyl (C=O) groups is 2. The molecule has 11 nitrogen and oxygen atoms in total. The Bertz CT molecular complexity index is 986. The summed E-state index contributed by atoms with van der Waals surface area (Å²) in [5.41, 5.74) is 0.523. The van der Waals surface area contributed by atoms with Crippen molar-refractivity contribution in [3.63, 3.8) is 0 Å². The number of benzene rings is 1. The number of anilines is 1. The van der Waals surface area contributed by atoms with Crippen LogP contribution in [-0.2, 0) is 15.8 Å². The number of urea groups is 1. The lowest BCUT2D eigenvalue weighted by molar-refractivity contribution is 0.0696. The van der Waals surface area contributed by atoms with Gasteiger partial charge in [-0.3, -0.25) is 5.32 Å². The lowest BCUT2D eigenvalue weighted by Gasteiger charge is -2.11. The van der Waals surface area contributed by atoms with Crippen molar-refractivity contribution >= 4 is 28.0 Å². The van der Waals surface area contributed by atoms with E-state index in [1.54, 1.807) is 0 Å². The number of ether oxygens (including phenoxy) is 2. The maximum Gasteiger partial charge on any atom is 0.335 e. The molecule has 0 fully saturated rings. The van der Waals surface area contributed by atoms with E-state index in [4.69, 9.17) is 14.6 Å². The summed E-state index contributed by atoms with van der Waals surface area (Å²) in [5, 5.41) is 11.3. The van der Waals surface area contributed by atoms with Gasteiger partial charge < -0.3 is 14.6 Å². The topological polar surface area (TPSA) is 157 Å². The molecule has 1 heterocycles. The minimum atomic E-state index is -4.12. The fourth-order valence-electron chi connectivity index (χ4n) is 2.25. The molecule has 0 atom stereocenters. The Morgan fingerprint density at radius 2 is 1.75 bits per heavy atom. The molecule has 0 saturated heterocycles. The highest BCUT2D eigenvalue weighted by molar-refractivity contribution is 7.89. The first-order valence-corrected chi connectivity index (χ1v) is 9.40. The maximum absolute atomic E-state index is 12.3. The van der Waals surface area contributed by atoms with Crippen LogP contribution in [0.4, 0.5) is 10.7 Å². The van der Waals surface area contributed by atoms with Gasteiger partial charge in [0.15, 0.2) is 0 Å². The standard InChI is InChI=1S/C16H18N4O7S/c1-9-10(5-4-6-11(9)14(21)22)8-28(24,25)20-16(23)19-15-17-12(26-2)7-13(18-15)27-3/h4-7H,8H2,1-3H3,(H,21,22)(H2,17,18,19,20,23). The highest BCUT2D eigenvalue weighted by Crippen LogP contribution is 2.18. The number of carbonyl (C=O) groups excluding carboxylic acids is 1. The second-order valence-electron chi connectivity index (χ2n) is 5.49. The van der Waals surface area contributed by atoms with E-state index < -0.39 is 27.8 Å². The van der Waals surface area contributed by atoms with Crippen molar-refractivity contribution in [2.75, 3.05) is 19.5 Å². The molecule has 1 aromatic carbocycles. The summed E-state index contributed by atoms with van der Waals surface area (Å²) >= 11 is 0. The molecule has 0 aliphatic carbocycles. The number of nitrogens with one attached hydrogen (secondary N) is 2. The minimum Gasteiger partial charge on any atom is -0.481 e. The Labute approximate surface area is 160 Å². The van der Waals surface area contributed by atoms with Gasteiger partial charge in [0.25, 0.3) is 0 Å². The summed E-state index contributed by atoms with van der Waals surface area (Å²) in [4.78, 5) is 30.9. The molecule has 0 spiro atoms. The van der Waals surface area contributed by atoms with E-state index in [0.29, 0.717) is 5.56 Å². The van der Waals surface area contributed by atoms with Crippen molar-refractivity contribution in [2.24, 2.45) is 0 Å². The smallest absolute Gasteiger partial charge is 0.335 e. The van der Waals surface area contributed by atoms with E-state index in [1.807, 2.05) is 4.72 Å². The van der Waals surface area contributed by atoms with E-state index in [-0.39, 0.29) is 28.8 Å². The Morgan fingerprint density at radius 3 is 2.29 bits per heavy atom. The quantitative estimate of drug-likeness (QED) is 0.609. The Hall–Kier alpha value is -3.41. The zero-order chi connectivity index (χ0) is 20.9. The molecule has 12 heteroatoms. The highest BCUT2D eigenvalue weighted by Gasteiger charge is 2.20. The van der Waals surface area contributed by atoms with Gasteiger partial charge in [0, 0.05) is 0 Å².